The lowest BCUT2D eigenvalue weighted by atomic mass is 9.98. The first-order valence-corrected chi connectivity index (χ1v) is 12.6. The van der Waals surface area contributed by atoms with Crippen molar-refractivity contribution in [2.75, 3.05) is 13.1 Å². The van der Waals surface area contributed by atoms with E-state index in [-0.39, 0.29) is 29.8 Å². The zero-order valence-corrected chi connectivity index (χ0v) is 19.2. The Morgan fingerprint density at radius 1 is 1.19 bits per heavy atom. The van der Waals surface area contributed by atoms with Crippen molar-refractivity contribution in [3.63, 3.8) is 0 Å². The number of aryl methyl sites for hydroxylation is 1. The summed E-state index contributed by atoms with van der Waals surface area (Å²) in [6, 6.07) is 10.4. The van der Waals surface area contributed by atoms with Gasteiger partial charge in [-0.05, 0) is 62.2 Å². The number of aromatic nitrogens is 1. The number of carbonyl (C=O) groups is 1. The maximum absolute atomic E-state index is 13.1. The summed E-state index contributed by atoms with van der Waals surface area (Å²) in [5.41, 5.74) is 0.976. The number of amides is 1. The van der Waals surface area contributed by atoms with Gasteiger partial charge in [0.15, 0.2) is 4.80 Å². The lowest BCUT2D eigenvalue weighted by Crippen LogP contribution is -2.40. The zero-order valence-electron chi connectivity index (χ0n) is 16.8. The van der Waals surface area contributed by atoms with E-state index >= 15 is 0 Å². The molecular weight excluding hydrogens is 461 g/mol. The number of sulfonamides is 1. The molecule has 0 unspecified atom stereocenters. The Bertz CT molecular complexity index is 1290. The molecule has 1 fully saturated rings. The van der Waals surface area contributed by atoms with Crippen LogP contribution in [0.3, 0.4) is 0 Å². The van der Waals surface area contributed by atoms with E-state index < -0.39 is 15.8 Å². The second-order valence-electron chi connectivity index (χ2n) is 7.32. The minimum atomic E-state index is -3.71. The van der Waals surface area contributed by atoms with Gasteiger partial charge in [-0.15, -0.1) is 0 Å². The fraction of sp³-hybridized carbons (Fsp3) is 0.333. The molecule has 6 nitrogen and oxygen atoms in total. The average molecular weight is 482 g/mol. The third kappa shape index (κ3) is 4.45. The lowest BCUT2D eigenvalue weighted by molar-refractivity contribution is -0.122. The molecule has 0 atom stereocenters. The summed E-state index contributed by atoms with van der Waals surface area (Å²) < 4.78 is 42.9. The summed E-state index contributed by atoms with van der Waals surface area (Å²) in [4.78, 5) is 17.9. The quantitative estimate of drug-likeness (QED) is 0.564. The van der Waals surface area contributed by atoms with Crippen molar-refractivity contribution >= 4 is 49.1 Å². The normalized spacial score (nSPS) is 16.8. The van der Waals surface area contributed by atoms with E-state index in [1.54, 1.807) is 0 Å². The maximum Gasteiger partial charge on any atom is 0.251 e. The molecule has 0 radical (unpaired) electrons. The average Bonchev–Trinajstić information content (AvgIpc) is 3.09. The second kappa shape index (κ2) is 8.82. The molecule has 0 aliphatic carbocycles. The number of benzene rings is 2. The second-order valence-corrected chi connectivity index (χ2v) is 10.7. The van der Waals surface area contributed by atoms with Crippen LogP contribution >= 0.6 is 22.9 Å². The zero-order chi connectivity index (χ0) is 22.2. The third-order valence-electron chi connectivity index (χ3n) is 5.42. The highest BCUT2D eigenvalue weighted by atomic mass is 35.5. The Labute approximate surface area is 188 Å². The van der Waals surface area contributed by atoms with Crippen LogP contribution in [0, 0.1) is 11.7 Å². The number of hydrogen-bond acceptors (Lipinski definition) is 4. The van der Waals surface area contributed by atoms with Gasteiger partial charge < -0.3 is 4.57 Å². The van der Waals surface area contributed by atoms with E-state index in [4.69, 9.17) is 11.6 Å². The Morgan fingerprint density at radius 2 is 1.87 bits per heavy atom. The van der Waals surface area contributed by atoms with Gasteiger partial charge in [-0.1, -0.05) is 22.9 Å². The number of hydrogen-bond donors (Lipinski definition) is 0. The van der Waals surface area contributed by atoms with Crippen molar-refractivity contribution in [1.82, 2.24) is 8.87 Å². The lowest BCUT2D eigenvalue weighted by Gasteiger charge is -2.29. The maximum atomic E-state index is 13.1. The largest absolute Gasteiger partial charge is 0.317 e. The standard InChI is InChI=1S/C21H21ClFN3O3S2/c1-2-26-18-8-3-15(22)13-19(18)30-21(26)24-20(27)14-9-11-25(12-10-14)31(28,29)17-6-4-16(23)5-7-17/h3-8,13-14H,2,9-12H2,1H3. The molecule has 0 bridgehead atoms. The van der Waals surface area contributed by atoms with Gasteiger partial charge in [-0.25, -0.2) is 12.8 Å². The number of halogens is 2. The van der Waals surface area contributed by atoms with Gasteiger partial charge in [0, 0.05) is 30.6 Å². The Balaban J connectivity index is 1.51. The molecule has 0 saturated carbocycles. The van der Waals surface area contributed by atoms with Crippen LogP contribution in [0.25, 0.3) is 10.2 Å². The third-order valence-corrected chi connectivity index (χ3v) is 8.61. The van der Waals surface area contributed by atoms with Gasteiger partial charge in [-0.3, -0.25) is 4.79 Å². The van der Waals surface area contributed by atoms with Gasteiger partial charge in [-0.2, -0.15) is 9.30 Å². The van der Waals surface area contributed by atoms with Crippen molar-refractivity contribution in [2.24, 2.45) is 10.9 Å². The molecule has 2 aromatic carbocycles. The van der Waals surface area contributed by atoms with Crippen LogP contribution < -0.4 is 4.80 Å². The van der Waals surface area contributed by atoms with Crippen molar-refractivity contribution in [1.29, 1.82) is 0 Å². The highest BCUT2D eigenvalue weighted by Gasteiger charge is 2.32. The number of carbonyl (C=O) groups excluding carboxylic acids is 1. The predicted molar refractivity (Wildman–Crippen MR) is 119 cm³/mol. The van der Waals surface area contributed by atoms with Gasteiger partial charge in [0.05, 0.1) is 15.1 Å². The minimum Gasteiger partial charge on any atom is -0.317 e. The summed E-state index contributed by atoms with van der Waals surface area (Å²) in [7, 11) is -3.71. The molecule has 10 heteroatoms. The van der Waals surface area contributed by atoms with E-state index in [1.165, 1.54) is 27.8 Å². The topological polar surface area (TPSA) is 71.7 Å². The van der Waals surface area contributed by atoms with Gasteiger partial charge in [0.1, 0.15) is 5.82 Å². The first kappa shape index (κ1) is 22.1. The Morgan fingerprint density at radius 3 is 2.52 bits per heavy atom. The number of fused-ring (bicyclic) bond motifs is 1. The summed E-state index contributed by atoms with van der Waals surface area (Å²) in [6.07, 6.45) is 0.789. The first-order valence-electron chi connectivity index (χ1n) is 9.93. The monoisotopic (exact) mass is 481 g/mol. The van der Waals surface area contributed by atoms with E-state index in [0.29, 0.717) is 29.2 Å². The Kier molecular flexibility index (Phi) is 6.30. The van der Waals surface area contributed by atoms with Crippen LogP contribution in [-0.4, -0.2) is 36.3 Å². The molecule has 2 heterocycles. The Hall–Kier alpha value is -2.07. The van der Waals surface area contributed by atoms with E-state index in [0.717, 1.165) is 22.3 Å². The van der Waals surface area contributed by atoms with E-state index in [1.807, 2.05) is 29.7 Å². The highest BCUT2D eigenvalue weighted by molar-refractivity contribution is 7.89. The van der Waals surface area contributed by atoms with Gasteiger partial charge in [0.25, 0.3) is 5.91 Å². The molecule has 1 aromatic heterocycles. The van der Waals surface area contributed by atoms with E-state index in [9.17, 15) is 17.6 Å². The molecule has 164 valence electrons. The molecule has 4 rings (SSSR count). The van der Waals surface area contributed by atoms with Crippen molar-refractivity contribution in [2.45, 2.75) is 31.2 Å². The number of rotatable bonds is 4. The van der Waals surface area contributed by atoms with Crippen molar-refractivity contribution < 1.29 is 17.6 Å². The smallest absolute Gasteiger partial charge is 0.251 e. The molecule has 1 amide bonds. The molecule has 1 aliphatic heterocycles. The molecular formula is C21H21ClFN3O3S2. The molecule has 0 N–H and O–H groups in total. The number of thiazole rings is 1. The summed E-state index contributed by atoms with van der Waals surface area (Å²) >= 11 is 7.49. The van der Waals surface area contributed by atoms with Crippen molar-refractivity contribution in [3.05, 3.63) is 58.1 Å². The predicted octanol–water partition coefficient (Wildman–Crippen LogP) is 4.04. The molecule has 3 aromatic rings. The van der Waals surface area contributed by atoms with Crippen LogP contribution in [0.5, 0.6) is 0 Å². The van der Waals surface area contributed by atoms with Gasteiger partial charge >= 0.3 is 0 Å². The van der Waals surface area contributed by atoms with Crippen LogP contribution in [0.1, 0.15) is 19.8 Å². The van der Waals surface area contributed by atoms with Crippen LogP contribution in [0.15, 0.2) is 52.4 Å². The van der Waals surface area contributed by atoms with E-state index in [2.05, 4.69) is 4.99 Å². The molecule has 31 heavy (non-hydrogen) atoms. The molecule has 0 spiro atoms. The minimum absolute atomic E-state index is 0.0521. The van der Waals surface area contributed by atoms with Crippen molar-refractivity contribution in [3.8, 4) is 0 Å². The summed E-state index contributed by atoms with van der Waals surface area (Å²) in [5.74, 6) is -1.06. The SMILES string of the molecule is CCn1c(=NC(=O)C2CCN(S(=O)(=O)c3ccc(F)cc3)CC2)sc2cc(Cl)ccc21. The number of piperidine rings is 1. The molecule has 1 aliphatic rings. The fourth-order valence-electron chi connectivity index (χ4n) is 3.72. The summed E-state index contributed by atoms with van der Waals surface area (Å²) in [5, 5.41) is 0.629. The summed E-state index contributed by atoms with van der Waals surface area (Å²) in [6.45, 7) is 3.11. The fourth-order valence-corrected chi connectivity index (χ4v) is 6.57. The highest BCUT2D eigenvalue weighted by Crippen LogP contribution is 2.25. The molecule has 1 saturated heterocycles. The van der Waals surface area contributed by atoms with Crippen LogP contribution in [0.2, 0.25) is 5.02 Å². The van der Waals surface area contributed by atoms with Crippen LogP contribution in [-0.2, 0) is 21.4 Å². The van der Waals surface area contributed by atoms with Crippen LogP contribution in [0.4, 0.5) is 4.39 Å². The number of nitrogens with zero attached hydrogens (tertiary/aromatic N) is 3. The first-order chi connectivity index (χ1) is 14.8. The van der Waals surface area contributed by atoms with Gasteiger partial charge in [0.2, 0.25) is 10.0 Å².